The van der Waals surface area contributed by atoms with E-state index in [4.69, 9.17) is 9.47 Å². The maximum Gasteiger partial charge on any atom is 0.319 e. The normalized spacial score (nSPS) is 13.7. The number of hydrogen-bond acceptors (Lipinski definition) is 4. The fraction of sp³-hybridized carbons (Fsp3) is 0.875. The third-order valence-electron chi connectivity index (χ3n) is 3.37. The second-order valence-corrected chi connectivity index (χ2v) is 7.18. The van der Waals surface area contributed by atoms with Gasteiger partial charge in [0.05, 0.1) is 6.61 Å². The van der Waals surface area contributed by atoms with Crippen LogP contribution in [0.15, 0.2) is 0 Å². The van der Waals surface area contributed by atoms with Crippen LogP contribution in [0.25, 0.3) is 0 Å². The van der Waals surface area contributed by atoms with Crippen molar-refractivity contribution < 1.29 is 19.1 Å². The number of carbonyl (C=O) groups excluding carboxylic acids is 2. The van der Waals surface area contributed by atoms with Crippen molar-refractivity contribution >= 4 is 11.9 Å². The number of methoxy groups -OCH3 is 1. The van der Waals surface area contributed by atoms with Crippen molar-refractivity contribution in [2.45, 2.75) is 48.0 Å². The van der Waals surface area contributed by atoms with Crippen LogP contribution in [0, 0.1) is 16.7 Å². The molecular weight excluding hydrogens is 270 g/mol. The van der Waals surface area contributed by atoms with Gasteiger partial charge in [0.15, 0.2) is 0 Å². The summed E-state index contributed by atoms with van der Waals surface area (Å²) in [6, 6.07) is 0. The third-order valence-corrected chi connectivity index (χ3v) is 3.37. The average Bonchev–Trinajstić information content (AvgIpc) is 2.33. The van der Waals surface area contributed by atoms with Crippen molar-refractivity contribution in [1.29, 1.82) is 0 Å². The lowest BCUT2D eigenvalue weighted by Gasteiger charge is -2.30. The predicted molar refractivity (Wildman–Crippen MR) is 82.9 cm³/mol. The quantitative estimate of drug-likeness (QED) is 0.552. The lowest BCUT2D eigenvalue weighted by molar-refractivity contribution is -0.156. The average molecular weight is 301 g/mol. The van der Waals surface area contributed by atoms with Crippen LogP contribution < -0.4 is 5.32 Å². The number of ether oxygens (including phenoxy) is 2. The van der Waals surface area contributed by atoms with Crippen molar-refractivity contribution in [3.63, 3.8) is 0 Å². The Hall–Kier alpha value is -1.10. The first-order valence-electron chi connectivity index (χ1n) is 7.48. The van der Waals surface area contributed by atoms with Gasteiger partial charge in [0, 0.05) is 20.3 Å². The molecule has 0 fully saturated rings. The van der Waals surface area contributed by atoms with Crippen LogP contribution in [-0.4, -0.2) is 38.7 Å². The third kappa shape index (κ3) is 7.46. The van der Waals surface area contributed by atoms with E-state index in [1.807, 2.05) is 20.8 Å². The highest BCUT2D eigenvalue weighted by atomic mass is 16.5. The van der Waals surface area contributed by atoms with Gasteiger partial charge in [0.1, 0.15) is 5.92 Å². The fourth-order valence-electron chi connectivity index (χ4n) is 1.97. The first-order chi connectivity index (χ1) is 9.55. The molecular formula is C16H31NO4. The molecule has 0 aliphatic heterocycles. The zero-order chi connectivity index (χ0) is 16.7. The summed E-state index contributed by atoms with van der Waals surface area (Å²) in [5.41, 5.74) is -0.560. The van der Waals surface area contributed by atoms with Crippen LogP contribution in [-0.2, 0) is 19.1 Å². The molecule has 0 saturated heterocycles. The summed E-state index contributed by atoms with van der Waals surface area (Å²) in [6.45, 7) is 12.9. The van der Waals surface area contributed by atoms with E-state index in [2.05, 4.69) is 19.2 Å². The summed E-state index contributed by atoms with van der Waals surface area (Å²) in [7, 11) is 1.66. The summed E-state index contributed by atoms with van der Waals surface area (Å²) < 4.78 is 10.1. The molecule has 0 bridgehead atoms. The summed E-state index contributed by atoms with van der Waals surface area (Å²) in [6.07, 6.45) is 0.837. The molecule has 5 heteroatoms. The smallest absolute Gasteiger partial charge is 0.319 e. The molecule has 1 atom stereocenters. The lowest BCUT2D eigenvalue weighted by atomic mass is 9.79. The van der Waals surface area contributed by atoms with Crippen LogP contribution in [0.1, 0.15) is 48.0 Å². The Morgan fingerprint density at radius 1 is 1.14 bits per heavy atom. The van der Waals surface area contributed by atoms with Crippen LogP contribution in [0.4, 0.5) is 0 Å². The van der Waals surface area contributed by atoms with E-state index < -0.39 is 17.3 Å². The second kappa shape index (κ2) is 8.37. The maximum absolute atomic E-state index is 12.4. The van der Waals surface area contributed by atoms with E-state index in [0.717, 1.165) is 6.42 Å². The van der Waals surface area contributed by atoms with Crippen molar-refractivity contribution in [3.8, 4) is 0 Å². The predicted octanol–water partition coefficient (Wildman–Crippen LogP) is 2.39. The van der Waals surface area contributed by atoms with Gasteiger partial charge in [0.25, 0.3) is 0 Å². The summed E-state index contributed by atoms with van der Waals surface area (Å²) in [5, 5.41) is 2.88. The minimum Gasteiger partial charge on any atom is -0.465 e. The molecule has 0 aromatic rings. The monoisotopic (exact) mass is 301 g/mol. The number of amides is 1. The van der Waals surface area contributed by atoms with E-state index in [-0.39, 0.29) is 17.9 Å². The van der Waals surface area contributed by atoms with Gasteiger partial charge >= 0.3 is 5.97 Å². The molecule has 0 aromatic carbocycles. The Morgan fingerprint density at radius 3 is 2.14 bits per heavy atom. The SMILES string of the molecule is CCOC(=O)C(C(=O)NCC(C)(C)CCOC)C(C)(C)C. The van der Waals surface area contributed by atoms with Gasteiger partial charge in [0.2, 0.25) is 5.91 Å². The molecule has 0 heterocycles. The topological polar surface area (TPSA) is 64.6 Å². The van der Waals surface area contributed by atoms with E-state index >= 15 is 0 Å². The first kappa shape index (κ1) is 19.9. The molecule has 1 N–H and O–H groups in total. The Labute approximate surface area is 128 Å². The van der Waals surface area contributed by atoms with Crippen molar-refractivity contribution in [1.82, 2.24) is 5.32 Å². The minimum atomic E-state index is -0.796. The van der Waals surface area contributed by atoms with Crippen LogP contribution >= 0.6 is 0 Å². The number of rotatable bonds is 8. The van der Waals surface area contributed by atoms with E-state index in [1.165, 1.54) is 0 Å². The summed E-state index contributed by atoms with van der Waals surface area (Å²) in [5.74, 6) is -1.53. The molecule has 0 radical (unpaired) electrons. The molecule has 0 aromatic heterocycles. The van der Waals surface area contributed by atoms with E-state index in [0.29, 0.717) is 13.2 Å². The Kier molecular flexibility index (Phi) is 7.93. The number of esters is 1. The van der Waals surface area contributed by atoms with Crippen molar-refractivity contribution in [2.24, 2.45) is 16.7 Å². The molecule has 1 amide bonds. The maximum atomic E-state index is 12.4. The van der Waals surface area contributed by atoms with E-state index in [1.54, 1.807) is 14.0 Å². The Bertz CT molecular complexity index is 345. The number of nitrogens with one attached hydrogen (secondary N) is 1. The van der Waals surface area contributed by atoms with Crippen LogP contribution in [0.5, 0.6) is 0 Å². The zero-order valence-electron chi connectivity index (χ0n) is 14.5. The van der Waals surface area contributed by atoms with Crippen LogP contribution in [0.2, 0.25) is 0 Å². The number of hydrogen-bond donors (Lipinski definition) is 1. The van der Waals surface area contributed by atoms with Gasteiger partial charge in [-0.15, -0.1) is 0 Å². The largest absolute Gasteiger partial charge is 0.465 e. The molecule has 0 saturated carbocycles. The van der Waals surface area contributed by atoms with E-state index in [9.17, 15) is 9.59 Å². The van der Waals surface area contributed by atoms with Crippen LogP contribution in [0.3, 0.4) is 0 Å². The minimum absolute atomic E-state index is 0.0806. The molecule has 0 spiro atoms. The highest BCUT2D eigenvalue weighted by Crippen LogP contribution is 2.28. The van der Waals surface area contributed by atoms with Gasteiger partial charge in [-0.2, -0.15) is 0 Å². The zero-order valence-corrected chi connectivity index (χ0v) is 14.5. The molecule has 0 rings (SSSR count). The summed E-state index contributed by atoms with van der Waals surface area (Å²) >= 11 is 0. The molecule has 0 aliphatic carbocycles. The van der Waals surface area contributed by atoms with Crippen molar-refractivity contribution in [3.05, 3.63) is 0 Å². The standard InChI is InChI=1S/C16H31NO4/c1-8-21-14(19)12(15(2,3)4)13(18)17-11-16(5,6)9-10-20-7/h12H,8-11H2,1-7H3,(H,17,18). The van der Waals surface area contributed by atoms with Gasteiger partial charge in [-0.1, -0.05) is 34.6 Å². The fourth-order valence-corrected chi connectivity index (χ4v) is 1.97. The van der Waals surface area contributed by atoms with Crippen molar-refractivity contribution in [2.75, 3.05) is 26.9 Å². The molecule has 1 unspecified atom stereocenters. The lowest BCUT2D eigenvalue weighted by Crippen LogP contribution is -2.46. The molecule has 5 nitrogen and oxygen atoms in total. The highest BCUT2D eigenvalue weighted by Gasteiger charge is 2.39. The number of carbonyl (C=O) groups is 2. The van der Waals surface area contributed by atoms with Gasteiger partial charge in [-0.05, 0) is 24.2 Å². The Balaban J connectivity index is 4.73. The molecule has 21 heavy (non-hydrogen) atoms. The summed E-state index contributed by atoms with van der Waals surface area (Å²) in [4.78, 5) is 24.4. The molecule has 0 aliphatic rings. The Morgan fingerprint density at radius 2 is 1.71 bits per heavy atom. The van der Waals surface area contributed by atoms with Gasteiger partial charge in [-0.3, -0.25) is 9.59 Å². The molecule has 124 valence electrons. The van der Waals surface area contributed by atoms with Gasteiger partial charge in [-0.25, -0.2) is 0 Å². The first-order valence-corrected chi connectivity index (χ1v) is 7.48. The second-order valence-electron chi connectivity index (χ2n) is 7.18. The van der Waals surface area contributed by atoms with Gasteiger partial charge < -0.3 is 14.8 Å². The highest BCUT2D eigenvalue weighted by molar-refractivity contribution is 5.98.